The van der Waals surface area contributed by atoms with Crippen LogP contribution in [0.4, 0.5) is 0 Å². The second-order valence-corrected chi connectivity index (χ2v) is 6.14. The molecular formula is C17H18O. The zero-order valence-corrected chi connectivity index (χ0v) is 11.2. The Balaban J connectivity index is 2.14. The Morgan fingerprint density at radius 2 is 1.78 bits per heavy atom. The topological polar surface area (TPSA) is 17.1 Å². The Kier molecular flexibility index (Phi) is 2.19. The Hall–Kier alpha value is -1.63. The minimum Gasteiger partial charge on any atom is -0.294 e. The molecule has 0 unspecified atom stereocenters. The van der Waals surface area contributed by atoms with E-state index in [-0.39, 0.29) is 16.6 Å². The molecule has 1 aromatic rings. The van der Waals surface area contributed by atoms with Crippen LogP contribution in [0.3, 0.4) is 0 Å². The fourth-order valence-electron chi connectivity index (χ4n) is 3.31. The quantitative estimate of drug-likeness (QED) is 0.724. The fraction of sp³-hybridized carbons (Fsp3) is 0.353. The van der Waals surface area contributed by atoms with Crippen molar-refractivity contribution in [3.8, 4) is 0 Å². The molecule has 0 radical (unpaired) electrons. The number of fused-ring (bicyclic) bond motifs is 2. The lowest BCUT2D eigenvalue weighted by molar-refractivity contribution is -0.121. The van der Waals surface area contributed by atoms with Gasteiger partial charge in [0.05, 0.1) is 5.41 Å². The summed E-state index contributed by atoms with van der Waals surface area (Å²) >= 11 is 0. The molecule has 2 atom stereocenters. The van der Waals surface area contributed by atoms with Gasteiger partial charge >= 0.3 is 0 Å². The summed E-state index contributed by atoms with van der Waals surface area (Å²) in [6.45, 7) is 6.37. The fourth-order valence-corrected chi connectivity index (χ4v) is 3.31. The molecule has 3 rings (SSSR count). The zero-order chi connectivity index (χ0) is 13.0. The molecule has 0 amide bonds. The van der Waals surface area contributed by atoms with Crippen LogP contribution < -0.4 is 0 Å². The van der Waals surface area contributed by atoms with Gasteiger partial charge in [0.15, 0.2) is 5.78 Å². The second-order valence-electron chi connectivity index (χ2n) is 6.14. The average molecular weight is 238 g/mol. The molecule has 1 nitrogen and oxygen atoms in total. The monoisotopic (exact) mass is 238 g/mol. The number of hydrogen-bond donors (Lipinski definition) is 0. The summed E-state index contributed by atoms with van der Waals surface area (Å²) < 4.78 is 0. The molecule has 1 heteroatoms. The normalized spacial score (nSPS) is 33.7. The van der Waals surface area contributed by atoms with Gasteiger partial charge in [-0.3, -0.25) is 4.79 Å². The van der Waals surface area contributed by atoms with Gasteiger partial charge in [0.2, 0.25) is 0 Å². The molecule has 0 N–H and O–H groups in total. The van der Waals surface area contributed by atoms with Gasteiger partial charge in [-0.1, -0.05) is 48.9 Å². The molecule has 2 aliphatic carbocycles. The third-order valence-corrected chi connectivity index (χ3v) is 4.32. The maximum atomic E-state index is 12.2. The molecular weight excluding hydrogens is 220 g/mol. The van der Waals surface area contributed by atoms with Crippen molar-refractivity contribution in [3.05, 3.63) is 53.6 Å². The molecule has 18 heavy (non-hydrogen) atoms. The van der Waals surface area contributed by atoms with E-state index >= 15 is 0 Å². The Morgan fingerprint density at radius 1 is 1.11 bits per heavy atom. The highest BCUT2D eigenvalue weighted by atomic mass is 16.1. The van der Waals surface area contributed by atoms with Crippen molar-refractivity contribution < 1.29 is 4.79 Å². The first-order chi connectivity index (χ1) is 8.43. The Morgan fingerprint density at radius 3 is 2.44 bits per heavy atom. The van der Waals surface area contributed by atoms with Gasteiger partial charge in [0.1, 0.15) is 0 Å². The van der Waals surface area contributed by atoms with E-state index in [0.29, 0.717) is 0 Å². The van der Waals surface area contributed by atoms with E-state index in [1.54, 1.807) is 6.08 Å². The number of benzene rings is 1. The first-order valence-electron chi connectivity index (χ1n) is 6.47. The molecule has 0 fully saturated rings. The number of allylic oxidation sites excluding steroid dienone is 4. The lowest BCUT2D eigenvalue weighted by Crippen LogP contribution is -2.31. The largest absolute Gasteiger partial charge is 0.294 e. The van der Waals surface area contributed by atoms with Crippen molar-refractivity contribution in [2.75, 3.05) is 0 Å². The summed E-state index contributed by atoms with van der Waals surface area (Å²) in [6.07, 6.45) is 7.00. The van der Waals surface area contributed by atoms with E-state index in [0.717, 1.165) is 6.42 Å². The zero-order valence-electron chi connectivity index (χ0n) is 11.2. The third-order valence-electron chi connectivity index (χ3n) is 4.32. The van der Waals surface area contributed by atoms with Crippen molar-refractivity contribution in [3.63, 3.8) is 0 Å². The predicted octanol–water partition coefficient (Wildman–Crippen LogP) is 3.93. The summed E-state index contributed by atoms with van der Waals surface area (Å²) in [5, 5.41) is 0. The van der Waals surface area contributed by atoms with Gasteiger partial charge in [-0.05, 0) is 37.5 Å². The van der Waals surface area contributed by atoms with Crippen LogP contribution in [-0.4, -0.2) is 5.78 Å². The van der Waals surface area contributed by atoms with Gasteiger partial charge in [0, 0.05) is 5.41 Å². The highest BCUT2D eigenvalue weighted by Crippen LogP contribution is 2.56. The molecule has 2 aliphatic rings. The van der Waals surface area contributed by atoms with Crippen molar-refractivity contribution in [1.82, 2.24) is 0 Å². The number of hydrogen-bond acceptors (Lipinski definition) is 1. The summed E-state index contributed by atoms with van der Waals surface area (Å²) in [5.41, 5.74) is 3.34. The van der Waals surface area contributed by atoms with Crippen molar-refractivity contribution in [2.45, 2.75) is 27.2 Å². The number of carbonyl (C=O) groups excluding carboxylic acids is 1. The molecule has 0 aromatic heterocycles. The van der Waals surface area contributed by atoms with Crippen LogP contribution >= 0.6 is 0 Å². The Labute approximate surface area is 108 Å². The lowest BCUT2D eigenvalue weighted by Gasteiger charge is -2.31. The maximum Gasteiger partial charge on any atom is 0.165 e. The van der Waals surface area contributed by atoms with Crippen molar-refractivity contribution in [1.29, 1.82) is 0 Å². The first-order valence-corrected chi connectivity index (χ1v) is 6.47. The summed E-state index contributed by atoms with van der Waals surface area (Å²) in [5.74, 6) is 0.240. The number of carbonyl (C=O) groups is 1. The van der Waals surface area contributed by atoms with Gasteiger partial charge in [-0.25, -0.2) is 0 Å². The summed E-state index contributed by atoms with van der Waals surface area (Å²) in [6, 6.07) is 8.48. The molecule has 0 aliphatic heterocycles. The van der Waals surface area contributed by atoms with E-state index < -0.39 is 0 Å². The SMILES string of the molecule is Cc1ccc(C2=C[C@]3(C)C=CC(=O)[C@@]2(C)C3)cc1. The molecule has 0 spiro atoms. The average Bonchev–Trinajstić information content (AvgIpc) is 2.56. The third kappa shape index (κ3) is 1.50. The number of ketones is 1. The van der Waals surface area contributed by atoms with Crippen LogP contribution in [0.25, 0.3) is 5.57 Å². The van der Waals surface area contributed by atoms with E-state index in [1.165, 1.54) is 16.7 Å². The van der Waals surface area contributed by atoms with Crippen LogP contribution in [0.2, 0.25) is 0 Å². The maximum absolute atomic E-state index is 12.2. The minimum absolute atomic E-state index is 0.0445. The number of aryl methyl sites for hydroxylation is 1. The molecule has 1 aromatic carbocycles. The van der Waals surface area contributed by atoms with Crippen LogP contribution in [0.15, 0.2) is 42.5 Å². The molecule has 2 bridgehead atoms. The van der Waals surface area contributed by atoms with E-state index in [4.69, 9.17) is 0 Å². The summed E-state index contributed by atoms with van der Waals surface area (Å²) in [7, 11) is 0. The van der Waals surface area contributed by atoms with Gasteiger partial charge in [-0.2, -0.15) is 0 Å². The first kappa shape index (κ1) is 11.5. The molecule has 0 saturated heterocycles. The van der Waals surface area contributed by atoms with Crippen molar-refractivity contribution in [2.24, 2.45) is 10.8 Å². The standard InChI is InChI=1S/C17H18O/c1-12-4-6-13(7-5-12)14-10-16(2)9-8-15(18)17(14,3)11-16/h4-10H,11H2,1-3H3/t16-,17-/m0/s1. The highest BCUT2D eigenvalue weighted by molar-refractivity contribution is 6.06. The van der Waals surface area contributed by atoms with Crippen LogP contribution in [0.1, 0.15) is 31.4 Å². The smallest absolute Gasteiger partial charge is 0.165 e. The number of rotatable bonds is 1. The Bertz CT molecular complexity index is 576. The lowest BCUT2D eigenvalue weighted by atomic mass is 9.70. The van der Waals surface area contributed by atoms with Crippen molar-refractivity contribution >= 4 is 11.4 Å². The highest BCUT2D eigenvalue weighted by Gasteiger charge is 2.49. The molecule has 0 heterocycles. The molecule has 92 valence electrons. The minimum atomic E-state index is -0.335. The van der Waals surface area contributed by atoms with Gasteiger partial charge < -0.3 is 0 Å². The van der Waals surface area contributed by atoms with Crippen LogP contribution in [0.5, 0.6) is 0 Å². The van der Waals surface area contributed by atoms with E-state index in [2.05, 4.69) is 57.2 Å². The second kappa shape index (κ2) is 3.44. The van der Waals surface area contributed by atoms with Gasteiger partial charge in [-0.15, -0.1) is 0 Å². The summed E-state index contributed by atoms with van der Waals surface area (Å²) in [4.78, 5) is 12.2. The predicted molar refractivity (Wildman–Crippen MR) is 74.1 cm³/mol. The van der Waals surface area contributed by atoms with E-state index in [1.807, 2.05) is 0 Å². The molecule has 0 saturated carbocycles. The van der Waals surface area contributed by atoms with Crippen LogP contribution in [-0.2, 0) is 4.79 Å². The van der Waals surface area contributed by atoms with Crippen LogP contribution in [0, 0.1) is 17.8 Å². The van der Waals surface area contributed by atoms with Gasteiger partial charge in [0.25, 0.3) is 0 Å². The van der Waals surface area contributed by atoms with E-state index in [9.17, 15) is 4.79 Å².